The smallest absolute Gasteiger partial charge is 0.242 e. The first-order valence-corrected chi connectivity index (χ1v) is 7.95. The van der Waals surface area contributed by atoms with Gasteiger partial charge in [-0.3, -0.25) is 0 Å². The van der Waals surface area contributed by atoms with Crippen LogP contribution < -0.4 is 15.2 Å². The zero-order valence-corrected chi connectivity index (χ0v) is 14.4. The van der Waals surface area contributed by atoms with Gasteiger partial charge in [0.25, 0.3) is 0 Å². The van der Waals surface area contributed by atoms with E-state index in [-0.39, 0.29) is 23.8 Å². The van der Waals surface area contributed by atoms with Crippen molar-refractivity contribution in [2.75, 3.05) is 13.7 Å². The van der Waals surface area contributed by atoms with Crippen LogP contribution in [0.5, 0.6) is 5.88 Å². The van der Waals surface area contributed by atoms with Crippen LogP contribution in [0, 0.1) is 5.92 Å². The molecule has 1 rings (SSSR count). The monoisotopic (exact) mass is 337 g/mol. The van der Waals surface area contributed by atoms with E-state index in [0.717, 1.165) is 0 Å². The number of halogens is 1. The maximum atomic E-state index is 12.3. The lowest BCUT2D eigenvalue weighted by Crippen LogP contribution is -2.51. The molecule has 0 radical (unpaired) electrons. The quantitative estimate of drug-likeness (QED) is 0.787. The number of hydrogen-bond donors (Lipinski definition) is 2. The summed E-state index contributed by atoms with van der Waals surface area (Å²) in [5.74, 6) is 0.702. The molecule has 0 fully saturated rings. The number of aromatic nitrogens is 1. The molecule has 0 bridgehead atoms. The molecular formula is C13H24ClN3O3S. The summed E-state index contributed by atoms with van der Waals surface area (Å²) >= 11 is 0. The highest BCUT2D eigenvalue weighted by molar-refractivity contribution is 7.89. The molecule has 0 aliphatic rings. The first-order valence-electron chi connectivity index (χ1n) is 6.46. The Kier molecular flexibility index (Phi) is 7.60. The molecule has 21 heavy (non-hydrogen) atoms. The highest BCUT2D eigenvalue weighted by Crippen LogP contribution is 2.19. The SMILES string of the molecule is COc1ccc(S(=O)(=O)NC(C)(CN)CC(C)C)cn1.Cl. The van der Waals surface area contributed by atoms with E-state index in [1.54, 1.807) is 0 Å². The number of ether oxygens (including phenoxy) is 1. The van der Waals surface area contributed by atoms with Crippen molar-refractivity contribution < 1.29 is 13.2 Å². The molecule has 1 atom stereocenters. The lowest BCUT2D eigenvalue weighted by Gasteiger charge is -2.30. The molecule has 0 aliphatic carbocycles. The topological polar surface area (TPSA) is 94.3 Å². The van der Waals surface area contributed by atoms with Crippen molar-refractivity contribution in [1.82, 2.24) is 9.71 Å². The van der Waals surface area contributed by atoms with Crippen LogP contribution in [0.2, 0.25) is 0 Å². The normalized spacial score (nSPS) is 14.4. The van der Waals surface area contributed by atoms with Crippen LogP contribution >= 0.6 is 12.4 Å². The highest BCUT2D eigenvalue weighted by atomic mass is 35.5. The van der Waals surface area contributed by atoms with E-state index in [4.69, 9.17) is 10.5 Å². The second kappa shape index (κ2) is 7.93. The summed E-state index contributed by atoms with van der Waals surface area (Å²) in [5, 5.41) is 0. The minimum absolute atomic E-state index is 0. The lowest BCUT2D eigenvalue weighted by atomic mass is 9.92. The molecule has 122 valence electrons. The van der Waals surface area contributed by atoms with Gasteiger partial charge in [0, 0.05) is 18.2 Å². The summed E-state index contributed by atoms with van der Waals surface area (Å²) in [6, 6.07) is 2.97. The van der Waals surface area contributed by atoms with Crippen LogP contribution in [-0.4, -0.2) is 32.6 Å². The van der Waals surface area contributed by atoms with E-state index < -0.39 is 15.6 Å². The molecule has 1 aromatic rings. The van der Waals surface area contributed by atoms with Crippen LogP contribution in [0.4, 0.5) is 0 Å². The van der Waals surface area contributed by atoms with Crippen molar-refractivity contribution in [3.63, 3.8) is 0 Å². The van der Waals surface area contributed by atoms with Gasteiger partial charge in [0.15, 0.2) is 0 Å². The van der Waals surface area contributed by atoms with E-state index in [2.05, 4.69) is 9.71 Å². The third-order valence-electron chi connectivity index (χ3n) is 2.92. The largest absolute Gasteiger partial charge is 0.481 e. The van der Waals surface area contributed by atoms with Gasteiger partial charge in [-0.1, -0.05) is 13.8 Å². The average molecular weight is 338 g/mol. The van der Waals surface area contributed by atoms with Crippen molar-refractivity contribution in [3.8, 4) is 5.88 Å². The number of nitrogens with zero attached hydrogens (tertiary/aromatic N) is 1. The van der Waals surface area contributed by atoms with E-state index in [1.165, 1.54) is 25.4 Å². The number of methoxy groups -OCH3 is 1. The van der Waals surface area contributed by atoms with Gasteiger partial charge in [-0.05, 0) is 25.3 Å². The fraction of sp³-hybridized carbons (Fsp3) is 0.615. The zero-order valence-electron chi connectivity index (χ0n) is 12.8. The number of sulfonamides is 1. The number of hydrogen-bond acceptors (Lipinski definition) is 5. The van der Waals surface area contributed by atoms with E-state index in [1.807, 2.05) is 20.8 Å². The molecule has 1 unspecified atom stereocenters. The van der Waals surface area contributed by atoms with Crippen molar-refractivity contribution >= 4 is 22.4 Å². The summed E-state index contributed by atoms with van der Waals surface area (Å²) in [6.07, 6.45) is 1.93. The second-order valence-electron chi connectivity index (χ2n) is 5.50. The number of nitrogens with one attached hydrogen (secondary N) is 1. The standard InChI is InChI=1S/C13H23N3O3S.ClH/c1-10(2)7-13(3,9-14)16-20(17,18)11-5-6-12(19-4)15-8-11;/h5-6,8,10,16H,7,9,14H2,1-4H3;1H. The maximum Gasteiger partial charge on any atom is 0.242 e. The van der Waals surface area contributed by atoms with Gasteiger partial charge in [-0.25, -0.2) is 18.1 Å². The van der Waals surface area contributed by atoms with Crippen molar-refractivity contribution in [3.05, 3.63) is 18.3 Å². The Morgan fingerprint density at radius 1 is 1.43 bits per heavy atom. The van der Waals surface area contributed by atoms with E-state index in [0.29, 0.717) is 18.2 Å². The van der Waals surface area contributed by atoms with Gasteiger partial charge in [0.1, 0.15) is 4.90 Å². The summed E-state index contributed by atoms with van der Waals surface area (Å²) in [4.78, 5) is 4.01. The molecule has 1 heterocycles. The van der Waals surface area contributed by atoms with Crippen molar-refractivity contribution in [2.24, 2.45) is 11.7 Å². The third-order valence-corrected chi connectivity index (χ3v) is 4.54. The number of pyridine rings is 1. The molecule has 0 saturated carbocycles. The van der Waals surface area contributed by atoms with Crippen molar-refractivity contribution in [1.29, 1.82) is 0 Å². The predicted molar refractivity (Wildman–Crippen MR) is 85.3 cm³/mol. The van der Waals surface area contributed by atoms with Crippen LogP contribution in [0.3, 0.4) is 0 Å². The molecule has 3 N–H and O–H groups in total. The number of nitrogens with two attached hydrogens (primary N) is 1. The van der Waals surface area contributed by atoms with E-state index in [9.17, 15) is 8.42 Å². The molecule has 0 spiro atoms. The molecule has 0 aromatic carbocycles. The zero-order chi connectivity index (χ0) is 15.4. The Morgan fingerprint density at radius 2 is 2.05 bits per heavy atom. The Labute approximate surface area is 132 Å². The molecule has 1 aromatic heterocycles. The van der Waals surface area contributed by atoms with Crippen LogP contribution in [0.15, 0.2) is 23.2 Å². The first-order chi connectivity index (χ1) is 9.22. The summed E-state index contributed by atoms with van der Waals surface area (Å²) < 4.78 is 32.3. The molecule has 0 amide bonds. The fourth-order valence-corrected chi connectivity index (χ4v) is 3.47. The minimum atomic E-state index is -3.65. The summed E-state index contributed by atoms with van der Waals surface area (Å²) in [7, 11) is -2.17. The Bertz CT molecular complexity index is 534. The predicted octanol–water partition coefficient (Wildman–Crippen LogP) is 1.55. The Balaban J connectivity index is 0.00000400. The lowest BCUT2D eigenvalue weighted by molar-refractivity contribution is 0.344. The van der Waals surface area contributed by atoms with Crippen LogP contribution in [-0.2, 0) is 10.0 Å². The third kappa shape index (κ3) is 5.78. The molecule has 6 nitrogen and oxygen atoms in total. The Hall–Kier alpha value is -0.890. The first kappa shape index (κ1) is 20.1. The Morgan fingerprint density at radius 3 is 2.43 bits per heavy atom. The van der Waals surface area contributed by atoms with Gasteiger partial charge >= 0.3 is 0 Å². The van der Waals surface area contributed by atoms with Crippen molar-refractivity contribution in [2.45, 2.75) is 37.6 Å². The van der Waals surface area contributed by atoms with Gasteiger partial charge in [-0.15, -0.1) is 12.4 Å². The van der Waals surface area contributed by atoms with E-state index >= 15 is 0 Å². The summed E-state index contributed by atoms with van der Waals surface area (Å²) in [6.45, 7) is 6.09. The fourth-order valence-electron chi connectivity index (χ4n) is 2.10. The molecule has 0 aliphatic heterocycles. The highest BCUT2D eigenvalue weighted by Gasteiger charge is 2.30. The van der Waals surface area contributed by atoms with Gasteiger partial charge in [0.05, 0.1) is 13.3 Å². The number of rotatable bonds is 7. The molecule has 0 saturated heterocycles. The molecular weight excluding hydrogens is 314 g/mol. The minimum Gasteiger partial charge on any atom is -0.481 e. The maximum absolute atomic E-state index is 12.3. The molecule has 8 heteroatoms. The van der Waals surface area contributed by atoms with Gasteiger partial charge in [0.2, 0.25) is 15.9 Å². The second-order valence-corrected chi connectivity index (χ2v) is 7.19. The van der Waals surface area contributed by atoms with Gasteiger partial charge in [-0.2, -0.15) is 0 Å². The van der Waals surface area contributed by atoms with Gasteiger partial charge < -0.3 is 10.5 Å². The van der Waals surface area contributed by atoms with Crippen LogP contribution in [0.25, 0.3) is 0 Å². The van der Waals surface area contributed by atoms with Crippen LogP contribution in [0.1, 0.15) is 27.2 Å². The summed E-state index contributed by atoms with van der Waals surface area (Å²) in [5.41, 5.74) is 5.05. The average Bonchev–Trinajstić information content (AvgIpc) is 2.37.